The number of hydrogen-bond donors (Lipinski definition) is 0. The molecule has 0 aromatic heterocycles. The van der Waals surface area contributed by atoms with Crippen LogP contribution in [0.3, 0.4) is 0 Å². The Morgan fingerprint density at radius 1 is 1.12 bits per heavy atom. The molecule has 0 spiro atoms. The van der Waals surface area contributed by atoms with Gasteiger partial charge in [0.1, 0.15) is 5.75 Å². The van der Waals surface area contributed by atoms with Crippen molar-refractivity contribution in [2.24, 2.45) is 0 Å². The fourth-order valence-corrected chi connectivity index (χ4v) is 3.49. The molecule has 0 amide bonds. The van der Waals surface area contributed by atoms with Crippen molar-refractivity contribution in [3.63, 3.8) is 0 Å². The van der Waals surface area contributed by atoms with Gasteiger partial charge in [0, 0.05) is 18.9 Å². The van der Waals surface area contributed by atoms with Gasteiger partial charge in [-0.15, -0.1) is 0 Å². The van der Waals surface area contributed by atoms with Gasteiger partial charge in [-0.1, -0.05) is 42.5 Å². The lowest BCUT2D eigenvalue weighted by molar-refractivity contribution is -0.131. The van der Waals surface area contributed by atoms with Crippen molar-refractivity contribution in [2.45, 2.75) is 38.0 Å². The topological polar surface area (TPSA) is 35.5 Å². The van der Waals surface area contributed by atoms with Crippen LogP contribution >= 0.6 is 0 Å². The number of benzene rings is 2. The lowest BCUT2D eigenvalue weighted by Gasteiger charge is -2.28. The average Bonchev–Trinajstić information content (AvgIpc) is 3.07. The third-order valence-electron chi connectivity index (χ3n) is 4.80. The molecule has 1 saturated heterocycles. The molecular formula is C21H24O3. The Morgan fingerprint density at radius 3 is 2.50 bits per heavy atom. The van der Waals surface area contributed by atoms with Crippen molar-refractivity contribution in [1.82, 2.24) is 0 Å². The van der Waals surface area contributed by atoms with Crippen LogP contribution in [0.5, 0.6) is 5.75 Å². The molecule has 0 bridgehead atoms. The Bertz CT molecular complexity index is 655. The van der Waals surface area contributed by atoms with E-state index < -0.39 is 0 Å². The van der Waals surface area contributed by atoms with Gasteiger partial charge in [-0.2, -0.15) is 0 Å². The molecular weight excluding hydrogens is 300 g/mol. The lowest BCUT2D eigenvalue weighted by atomic mass is 9.75. The highest BCUT2D eigenvalue weighted by atomic mass is 16.5. The van der Waals surface area contributed by atoms with Crippen LogP contribution in [-0.2, 0) is 21.4 Å². The predicted octanol–water partition coefficient (Wildman–Crippen LogP) is 4.29. The highest BCUT2D eigenvalue weighted by molar-refractivity contribution is 5.69. The van der Waals surface area contributed by atoms with Crippen molar-refractivity contribution in [3.8, 4) is 5.75 Å². The number of rotatable bonds is 6. The molecule has 1 aliphatic heterocycles. The van der Waals surface area contributed by atoms with E-state index in [1.54, 1.807) is 0 Å². The van der Waals surface area contributed by atoms with E-state index >= 15 is 0 Å². The fourth-order valence-electron chi connectivity index (χ4n) is 3.49. The number of carbonyl (C=O) groups is 1. The summed E-state index contributed by atoms with van der Waals surface area (Å²) in [5, 5.41) is 0. The highest BCUT2D eigenvalue weighted by Crippen LogP contribution is 2.37. The summed E-state index contributed by atoms with van der Waals surface area (Å²) in [6.07, 6.45) is 4.37. The van der Waals surface area contributed by atoms with Gasteiger partial charge in [0.15, 0.2) is 0 Å². The van der Waals surface area contributed by atoms with Gasteiger partial charge in [-0.3, -0.25) is 4.79 Å². The summed E-state index contributed by atoms with van der Waals surface area (Å²) < 4.78 is 10.8. The van der Waals surface area contributed by atoms with E-state index in [2.05, 4.69) is 30.3 Å². The molecule has 3 heteroatoms. The lowest BCUT2D eigenvalue weighted by Crippen LogP contribution is -2.26. The summed E-state index contributed by atoms with van der Waals surface area (Å²) in [5.41, 5.74) is 2.83. The molecule has 0 aliphatic carbocycles. The van der Waals surface area contributed by atoms with E-state index in [4.69, 9.17) is 9.47 Å². The van der Waals surface area contributed by atoms with Crippen LogP contribution in [0.15, 0.2) is 54.6 Å². The summed E-state index contributed by atoms with van der Waals surface area (Å²) >= 11 is 0. The molecule has 0 radical (unpaired) electrons. The quantitative estimate of drug-likeness (QED) is 0.587. The van der Waals surface area contributed by atoms with Crippen LogP contribution in [0.25, 0.3) is 0 Å². The van der Waals surface area contributed by atoms with Gasteiger partial charge in [0.2, 0.25) is 0 Å². The molecule has 0 N–H and O–H groups in total. The fraction of sp³-hybridized carbons (Fsp3) is 0.381. The zero-order valence-electron chi connectivity index (χ0n) is 14.2. The zero-order valence-corrected chi connectivity index (χ0v) is 14.2. The molecule has 3 nitrogen and oxygen atoms in total. The minimum absolute atomic E-state index is 0.166. The predicted molar refractivity (Wildman–Crippen MR) is 94.2 cm³/mol. The van der Waals surface area contributed by atoms with E-state index in [1.165, 1.54) is 18.1 Å². The number of ether oxygens (including phenoxy) is 2. The second-order valence-electron chi connectivity index (χ2n) is 6.54. The van der Waals surface area contributed by atoms with E-state index in [0.717, 1.165) is 38.9 Å². The minimum Gasteiger partial charge on any atom is -0.427 e. The molecule has 2 aromatic rings. The van der Waals surface area contributed by atoms with Crippen LogP contribution in [-0.4, -0.2) is 19.2 Å². The molecule has 1 heterocycles. The summed E-state index contributed by atoms with van der Waals surface area (Å²) in [5.74, 6) is 0.324. The number of aryl methyl sites for hydroxylation is 1. The standard InChI is InChI=1S/C21H24O3/c1-17(22)24-20-11-9-18(10-12-20)6-5-13-21(14-15-23-16-21)19-7-3-2-4-8-19/h2-4,7-12H,5-6,13-16H2,1H3. The van der Waals surface area contributed by atoms with Gasteiger partial charge < -0.3 is 9.47 Å². The van der Waals surface area contributed by atoms with Gasteiger partial charge in [0.25, 0.3) is 0 Å². The average molecular weight is 324 g/mol. The van der Waals surface area contributed by atoms with Crippen LogP contribution in [0, 0.1) is 0 Å². The highest BCUT2D eigenvalue weighted by Gasteiger charge is 2.35. The van der Waals surface area contributed by atoms with Crippen LogP contribution in [0.2, 0.25) is 0 Å². The van der Waals surface area contributed by atoms with Crippen molar-refractivity contribution < 1.29 is 14.3 Å². The Labute approximate surface area is 143 Å². The molecule has 0 saturated carbocycles. The van der Waals surface area contributed by atoms with Crippen LogP contribution in [0.1, 0.15) is 37.3 Å². The summed E-state index contributed by atoms with van der Waals surface area (Å²) in [7, 11) is 0. The third kappa shape index (κ3) is 4.04. The number of carbonyl (C=O) groups excluding carboxylic acids is 1. The SMILES string of the molecule is CC(=O)Oc1ccc(CCCC2(c3ccccc3)CCOC2)cc1. The van der Waals surface area contributed by atoms with Gasteiger partial charge >= 0.3 is 5.97 Å². The van der Waals surface area contributed by atoms with E-state index in [1.807, 2.05) is 24.3 Å². The number of hydrogen-bond acceptors (Lipinski definition) is 3. The molecule has 3 rings (SSSR count). The van der Waals surface area contributed by atoms with Gasteiger partial charge in [-0.05, 0) is 48.9 Å². The van der Waals surface area contributed by atoms with Crippen molar-refractivity contribution in [1.29, 1.82) is 0 Å². The van der Waals surface area contributed by atoms with E-state index in [0.29, 0.717) is 5.75 Å². The first-order valence-corrected chi connectivity index (χ1v) is 8.59. The summed E-state index contributed by atoms with van der Waals surface area (Å²) in [6, 6.07) is 18.6. The molecule has 24 heavy (non-hydrogen) atoms. The normalized spacial score (nSPS) is 20.0. The zero-order chi connectivity index (χ0) is 16.8. The maximum atomic E-state index is 11.0. The van der Waals surface area contributed by atoms with Crippen molar-refractivity contribution >= 4 is 5.97 Å². The van der Waals surface area contributed by atoms with Crippen molar-refractivity contribution in [3.05, 3.63) is 65.7 Å². The summed E-state index contributed by atoms with van der Waals surface area (Å²) in [4.78, 5) is 11.0. The second-order valence-corrected chi connectivity index (χ2v) is 6.54. The molecule has 1 fully saturated rings. The Hall–Kier alpha value is -2.13. The largest absolute Gasteiger partial charge is 0.427 e. The molecule has 1 atom stereocenters. The van der Waals surface area contributed by atoms with Crippen molar-refractivity contribution in [2.75, 3.05) is 13.2 Å². The Morgan fingerprint density at radius 2 is 1.88 bits per heavy atom. The number of esters is 1. The van der Waals surface area contributed by atoms with Gasteiger partial charge in [0.05, 0.1) is 6.61 Å². The molecule has 126 valence electrons. The van der Waals surface area contributed by atoms with Crippen LogP contribution < -0.4 is 4.74 Å². The molecule has 1 unspecified atom stereocenters. The molecule has 2 aromatic carbocycles. The van der Waals surface area contributed by atoms with Gasteiger partial charge in [-0.25, -0.2) is 0 Å². The maximum absolute atomic E-state index is 11.0. The van der Waals surface area contributed by atoms with E-state index in [9.17, 15) is 4.79 Å². The monoisotopic (exact) mass is 324 g/mol. The smallest absolute Gasteiger partial charge is 0.308 e. The van der Waals surface area contributed by atoms with Crippen LogP contribution in [0.4, 0.5) is 0 Å². The summed E-state index contributed by atoms with van der Waals surface area (Å²) in [6.45, 7) is 3.09. The minimum atomic E-state index is -0.284. The third-order valence-corrected chi connectivity index (χ3v) is 4.80. The first kappa shape index (κ1) is 16.7. The first-order chi connectivity index (χ1) is 11.7. The first-order valence-electron chi connectivity index (χ1n) is 8.59. The second kappa shape index (κ2) is 7.63. The maximum Gasteiger partial charge on any atom is 0.308 e. The molecule has 1 aliphatic rings. The van der Waals surface area contributed by atoms with E-state index in [-0.39, 0.29) is 11.4 Å². The Kier molecular flexibility index (Phi) is 5.31. The Balaban J connectivity index is 1.59.